The monoisotopic (exact) mass is 431 g/mol. The molecule has 1 atom stereocenters. The van der Waals surface area contributed by atoms with Gasteiger partial charge >= 0.3 is 0 Å². The van der Waals surface area contributed by atoms with Crippen molar-refractivity contribution >= 4 is 30.1 Å². The Hall–Kier alpha value is -1.01. The van der Waals surface area contributed by atoms with Crippen molar-refractivity contribution in [2.45, 2.75) is 65.0 Å². The van der Waals surface area contributed by atoms with E-state index in [0.29, 0.717) is 5.39 Å². The molecule has 1 saturated heterocycles. The van der Waals surface area contributed by atoms with E-state index < -0.39 is 15.4 Å². The molecule has 1 aromatic carbocycles. The van der Waals surface area contributed by atoms with E-state index in [1.165, 1.54) is 0 Å². The van der Waals surface area contributed by atoms with Crippen molar-refractivity contribution in [2.24, 2.45) is 7.05 Å². The average Bonchev–Trinajstić information content (AvgIpc) is 3.06. The number of piperidine rings is 1. The Balaban J connectivity index is 0.000000481. The van der Waals surface area contributed by atoms with E-state index in [4.69, 9.17) is 0 Å². The Labute approximate surface area is 173 Å². The molecule has 1 unspecified atom stereocenters. The van der Waals surface area contributed by atoms with E-state index in [9.17, 15) is 13.5 Å². The van der Waals surface area contributed by atoms with Crippen molar-refractivity contribution in [3.63, 3.8) is 0 Å². The van der Waals surface area contributed by atoms with Crippen LogP contribution in [0.3, 0.4) is 0 Å². The van der Waals surface area contributed by atoms with Crippen LogP contribution in [-0.2, 0) is 16.9 Å². The first-order chi connectivity index (χ1) is 13.2. The van der Waals surface area contributed by atoms with Crippen LogP contribution < -0.4 is 0 Å². The molecule has 0 spiro atoms. The van der Waals surface area contributed by atoms with Crippen LogP contribution in [0.4, 0.5) is 0 Å². The molecule has 1 aromatic heterocycles. The second-order valence-corrected chi connectivity index (χ2v) is 9.31. The van der Waals surface area contributed by atoms with Gasteiger partial charge in [-0.15, -0.1) is 0 Å². The quantitative estimate of drug-likeness (QED) is 0.726. The van der Waals surface area contributed by atoms with Crippen LogP contribution in [0.15, 0.2) is 29.3 Å². The molecule has 1 aliphatic rings. The highest BCUT2D eigenvalue weighted by atomic mass is 32.2. The maximum Gasteiger partial charge on any atom is 0.197 e. The van der Waals surface area contributed by atoms with Gasteiger partial charge in [-0.2, -0.15) is 5.10 Å². The van der Waals surface area contributed by atoms with Crippen molar-refractivity contribution in [3.05, 3.63) is 24.3 Å². The SMILES string of the molecule is CC.CC.CC1(O)CCN(P)CC1.CCS(=O)(=O)c1nn(C)c2ccccc12. The van der Waals surface area contributed by atoms with Crippen LogP contribution in [0.1, 0.15) is 54.4 Å². The highest BCUT2D eigenvalue weighted by molar-refractivity contribution is 7.91. The number of para-hydroxylation sites is 1. The van der Waals surface area contributed by atoms with Crippen LogP contribution in [0.5, 0.6) is 0 Å². The Kier molecular flexibility index (Phi) is 12.1. The van der Waals surface area contributed by atoms with Crippen molar-refractivity contribution in [2.75, 3.05) is 18.8 Å². The van der Waals surface area contributed by atoms with Gasteiger partial charge in [0.25, 0.3) is 0 Å². The smallest absolute Gasteiger partial charge is 0.197 e. The number of aromatic nitrogens is 2. The molecule has 28 heavy (non-hydrogen) atoms. The van der Waals surface area contributed by atoms with Crippen molar-refractivity contribution in [1.82, 2.24) is 14.5 Å². The van der Waals surface area contributed by atoms with Crippen molar-refractivity contribution in [3.8, 4) is 0 Å². The number of sulfone groups is 1. The Morgan fingerprint density at radius 3 is 2.11 bits per heavy atom. The first kappa shape index (κ1) is 27.0. The maximum atomic E-state index is 11.8. The molecule has 0 amide bonds. The van der Waals surface area contributed by atoms with Gasteiger partial charge in [-0.3, -0.25) is 9.35 Å². The molecule has 3 rings (SSSR count). The summed E-state index contributed by atoms with van der Waals surface area (Å²) in [6.07, 6.45) is 1.80. The van der Waals surface area contributed by atoms with Gasteiger partial charge in [0.1, 0.15) is 0 Å². The fourth-order valence-electron chi connectivity index (χ4n) is 2.55. The third kappa shape index (κ3) is 7.78. The predicted octanol–water partition coefficient (Wildman–Crippen LogP) is 4.04. The van der Waals surface area contributed by atoms with Gasteiger partial charge in [-0.1, -0.05) is 56.1 Å². The van der Waals surface area contributed by atoms with Crippen molar-refractivity contribution < 1.29 is 13.5 Å². The number of aliphatic hydroxyl groups is 1. The predicted molar refractivity (Wildman–Crippen MR) is 122 cm³/mol. The second kappa shape index (κ2) is 12.5. The van der Waals surface area contributed by atoms with Gasteiger partial charge < -0.3 is 5.11 Å². The standard InChI is InChI=1S/C10H12N2O2S.C6H14NOP.2C2H6/c1-3-15(13,14)10-8-6-4-5-7-9(8)12(2)11-10;1-6(8)2-4-7(9)5-3-6;2*1-2/h4-7H,3H2,1-2H3;8H,2-5,9H2,1H3;2*1-2H3. The molecule has 2 heterocycles. The van der Waals surface area contributed by atoms with E-state index in [-0.39, 0.29) is 10.8 Å². The van der Waals surface area contributed by atoms with E-state index in [2.05, 4.69) is 19.2 Å². The van der Waals surface area contributed by atoms with Crippen LogP contribution in [0.2, 0.25) is 0 Å². The van der Waals surface area contributed by atoms with Crippen LogP contribution in [-0.4, -0.2) is 52.4 Å². The van der Waals surface area contributed by atoms with Gasteiger partial charge in [0.2, 0.25) is 0 Å². The second-order valence-electron chi connectivity index (χ2n) is 6.38. The van der Waals surface area contributed by atoms with Crippen LogP contribution >= 0.6 is 9.39 Å². The zero-order chi connectivity index (χ0) is 22.0. The number of hydrogen-bond donors (Lipinski definition) is 1. The maximum absolute atomic E-state index is 11.8. The third-order valence-corrected chi connectivity index (χ3v) is 6.44. The number of aryl methyl sites for hydroxylation is 1. The lowest BCUT2D eigenvalue weighted by Gasteiger charge is -2.33. The Morgan fingerprint density at radius 1 is 1.14 bits per heavy atom. The molecular formula is C20H38N3O3PS. The lowest BCUT2D eigenvalue weighted by Crippen LogP contribution is -2.37. The minimum Gasteiger partial charge on any atom is -0.390 e. The first-order valence-corrected chi connectivity index (χ1v) is 12.2. The molecular weight excluding hydrogens is 393 g/mol. The van der Waals surface area contributed by atoms with Crippen LogP contribution in [0.25, 0.3) is 10.9 Å². The van der Waals surface area contributed by atoms with Gasteiger partial charge in [0, 0.05) is 25.5 Å². The van der Waals surface area contributed by atoms with Crippen LogP contribution in [0, 0.1) is 0 Å². The molecule has 0 radical (unpaired) electrons. The largest absolute Gasteiger partial charge is 0.390 e. The summed E-state index contributed by atoms with van der Waals surface area (Å²) in [6, 6.07) is 7.33. The van der Waals surface area contributed by atoms with Gasteiger partial charge in [-0.05, 0) is 31.9 Å². The zero-order valence-corrected chi connectivity index (χ0v) is 20.4. The minimum atomic E-state index is -3.24. The fraction of sp³-hybridized carbons (Fsp3) is 0.650. The van der Waals surface area contributed by atoms with Crippen molar-refractivity contribution in [1.29, 1.82) is 0 Å². The molecule has 0 saturated carbocycles. The molecule has 6 nitrogen and oxygen atoms in total. The summed E-state index contributed by atoms with van der Waals surface area (Å²) >= 11 is 0. The topological polar surface area (TPSA) is 75.4 Å². The highest BCUT2D eigenvalue weighted by Gasteiger charge is 2.25. The number of benzene rings is 1. The van der Waals surface area contributed by atoms with E-state index in [1.54, 1.807) is 24.7 Å². The Morgan fingerprint density at radius 2 is 1.64 bits per heavy atom. The highest BCUT2D eigenvalue weighted by Crippen LogP contribution is 2.23. The molecule has 1 N–H and O–H groups in total. The normalized spacial score (nSPS) is 16.0. The van der Waals surface area contributed by atoms with Gasteiger partial charge in [-0.25, -0.2) is 8.42 Å². The summed E-state index contributed by atoms with van der Waals surface area (Å²) in [5.41, 5.74) is 0.442. The molecule has 1 fully saturated rings. The fourth-order valence-corrected chi connectivity index (χ4v) is 3.84. The number of nitrogens with zero attached hydrogens (tertiary/aromatic N) is 3. The third-order valence-electron chi connectivity index (χ3n) is 4.27. The molecule has 0 bridgehead atoms. The summed E-state index contributed by atoms with van der Waals surface area (Å²) < 4.78 is 27.3. The summed E-state index contributed by atoms with van der Waals surface area (Å²) in [5.74, 6) is 0.0774. The van der Waals surface area contributed by atoms with E-state index in [0.717, 1.165) is 31.4 Å². The summed E-state index contributed by atoms with van der Waals surface area (Å²) in [6.45, 7) is 13.5. The summed E-state index contributed by atoms with van der Waals surface area (Å²) in [5, 5.41) is 14.4. The van der Waals surface area contributed by atoms with E-state index in [1.807, 2.05) is 52.8 Å². The lowest BCUT2D eigenvalue weighted by molar-refractivity contribution is 0.0141. The minimum absolute atomic E-state index is 0.0774. The molecule has 2 aromatic rings. The van der Waals surface area contributed by atoms with Gasteiger partial charge in [0.05, 0.1) is 16.9 Å². The number of fused-ring (bicyclic) bond motifs is 1. The number of rotatable bonds is 2. The summed E-state index contributed by atoms with van der Waals surface area (Å²) in [7, 11) is 1.17. The molecule has 162 valence electrons. The summed E-state index contributed by atoms with van der Waals surface area (Å²) in [4.78, 5) is 0. The molecule has 0 aliphatic carbocycles. The molecule has 1 aliphatic heterocycles. The molecule has 8 heteroatoms. The Bertz CT molecular complexity index is 794. The van der Waals surface area contributed by atoms with E-state index >= 15 is 0 Å². The zero-order valence-electron chi connectivity index (χ0n) is 18.4. The average molecular weight is 432 g/mol. The number of hydrogen-bond acceptors (Lipinski definition) is 5. The lowest BCUT2D eigenvalue weighted by atomic mass is 9.95. The van der Waals surface area contributed by atoms with Gasteiger partial charge in [0.15, 0.2) is 14.9 Å². The first-order valence-electron chi connectivity index (χ1n) is 10.0.